The van der Waals surface area contributed by atoms with Gasteiger partial charge in [-0.2, -0.15) is 0 Å². The number of likely N-dealkylation sites (tertiary alicyclic amines) is 1. The molecule has 1 heterocycles. The first-order valence-electron chi connectivity index (χ1n) is 7.37. The molecule has 0 aromatic heterocycles. The molecule has 1 aromatic carbocycles. The van der Waals surface area contributed by atoms with Gasteiger partial charge in [-0.25, -0.2) is 0 Å². The van der Waals surface area contributed by atoms with Crippen LogP contribution in [0.1, 0.15) is 25.3 Å². The van der Waals surface area contributed by atoms with Crippen LogP contribution in [0.4, 0.5) is 0 Å². The molecule has 0 saturated carbocycles. The number of amides is 1. The summed E-state index contributed by atoms with van der Waals surface area (Å²) in [6, 6.07) is 8.08. The third kappa shape index (κ3) is 4.23. The molecule has 20 heavy (non-hydrogen) atoms. The van der Waals surface area contributed by atoms with Crippen LogP contribution in [0.5, 0.6) is 5.75 Å². The zero-order valence-corrected chi connectivity index (χ0v) is 12.5. The van der Waals surface area contributed by atoms with Gasteiger partial charge in [0.05, 0.1) is 13.2 Å². The molecule has 1 amide bonds. The van der Waals surface area contributed by atoms with Gasteiger partial charge < -0.3 is 9.64 Å². The lowest BCUT2D eigenvalue weighted by atomic mass is 10.2. The lowest BCUT2D eigenvalue weighted by molar-refractivity contribution is -0.131. The molecular weight excluding hydrogens is 252 g/mol. The van der Waals surface area contributed by atoms with Crippen molar-refractivity contribution >= 4 is 5.91 Å². The van der Waals surface area contributed by atoms with Crippen molar-refractivity contribution in [2.75, 3.05) is 33.3 Å². The zero-order chi connectivity index (χ0) is 14.4. The van der Waals surface area contributed by atoms with Gasteiger partial charge in [-0.1, -0.05) is 12.1 Å². The molecule has 4 nitrogen and oxygen atoms in total. The molecule has 1 aliphatic rings. The van der Waals surface area contributed by atoms with Crippen molar-refractivity contribution < 1.29 is 9.53 Å². The van der Waals surface area contributed by atoms with Gasteiger partial charge in [0.25, 0.3) is 0 Å². The second kappa shape index (κ2) is 7.29. The van der Waals surface area contributed by atoms with Crippen molar-refractivity contribution in [3.63, 3.8) is 0 Å². The van der Waals surface area contributed by atoms with E-state index in [-0.39, 0.29) is 5.91 Å². The first-order valence-corrected chi connectivity index (χ1v) is 7.37. The van der Waals surface area contributed by atoms with E-state index in [4.69, 9.17) is 4.74 Å². The van der Waals surface area contributed by atoms with Crippen molar-refractivity contribution in [1.29, 1.82) is 0 Å². The molecule has 1 aromatic rings. The van der Waals surface area contributed by atoms with E-state index in [1.165, 1.54) is 5.56 Å². The monoisotopic (exact) mass is 276 g/mol. The maximum Gasteiger partial charge on any atom is 0.236 e. The van der Waals surface area contributed by atoms with Crippen LogP contribution in [0.15, 0.2) is 24.3 Å². The normalized spacial score (nSPS) is 14.8. The van der Waals surface area contributed by atoms with E-state index in [1.54, 1.807) is 0 Å². The smallest absolute Gasteiger partial charge is 0.236 e. The standard InChI is InChI=1S/C16H24N2O2/c1-3-20-15-8-6-14(7-9-15)12-17(2)13-16(19)18-10-4-5-11-18/h6-9H,3-5,10-13H2,1-2H3. The third-order valence-corrected chi connectivity index (χ3v) is 3.55. The van der Waals surface area contributed by atoms with Gasteiger partial charge in [0.15, 0.2) is 0 Å². The zero-order valence-electron chi connectivity index (χ0n) is 12.5. The Morgan fingerprint density at radius 3 is 2.50 bits per heavy atom. The largest absolute Gasteiger partial charge is 0.494 e. The fourth-order valence-corrected chi connectivity index (χ4v) is 2.52. The number of ether oxygens (including phenoxy) is 1. The number of carbonyl (C=O) groups is 1. The quantitative estimate of drug-likeness (QED) is 0.798. The average molecular weight is 276 g/mol. The summed E-state index contributed by atoms with van der Waals surface area (Å²) >= 11 is 0. The van der Waals surface area contributed by atoms with Crippen molar-refractivity contribution in [3.05, 3.63) is 29.8 Å². The van der Waals surface area contributed by atoms with Crippen LogP contribution in [0.3, 0.4) is 0 Å². The summed E-state index contributed by atoms with van der Waals surface area (Å²) in [6.45, 7) is 5.79. The van der Waals surface area contributed by atoms with Gasteiger partial charge in [0, 0.05) is 19.6 Å². The van der Waals surface area contributed by atoms with Gasteiger partial charge in [0.1, 0.15) is 5.75 Å². The summed E-state index contributed by atoms with van der Waals surface area (Å²) < 4.78 is 5.42. The summed E-state index contributed by atoms with van der Waals surface area (Å²) in [5.41, 5.74) is 1.20. The van der Waals surface area contributed by atoms with E-state index in [1.807, 2.05) is 31.0 Å². The van der Waals surface area contributed by atoms with Crippen molar-refractivity contribution in [2.24, 2.45) is 0 Å². The highest BCUT2D eigenvalue weighted by atomic mass is 16.5. The first kappa shape index (κ1) is 14.9. The minimum absolute atomic E-state index is 0.246. The maximum absolute atomic E-state index is 12.0. The van der Waals surface area contributed by atoms with E-state index in [0.29, 0.717) is 13.2 Å². The van der Waals surface area contributed by atoms with Crippen molar-refractivity contribution in [3.8, 4) is 5.75 Å². The van der Waals surface area contributed by atoms with Crippen LogP contribution in [-0.2, 0) is 11.3 Å². The molecule has 0 bridgehead atoms. The second-order valence-electron chi connectivity index (χ2n) is 5.34. The Hall–Kier alpha value is -1.55. The molecular formula is C16H24N2O2. The summed E-state index contributed by atoms with van der Waals surface area (Å²) in [5, 5.41) is 0. The minimum Gasteiger partial charge on any atom is -0.494 e. The van der Waals surface area contributed by atoms with Crippen LogP contribution in [0, 0.1) is 0 Å². The van der Waals surface area contributed by atoms with Crippen LogP contribution in [-0.4, -0.2) is 49.0 Å². The van der Waals surface area contributed by atoms with Crippen LogP contribution in [0.2, 0.25) is 0 Å². The highest BCUT2D eigenvalue weighted by Gasteiger charge is 2.18. The summed E-state index contributed by atoms with van der Waals surface area (Å²) in [4.78, 5) is 16.1. The van der Waals surface area contributed by atoms with E-state index < -0.39 is 0 Å². The van der Waals surface area contributed by atoms with Crippen molar-refractivity contribution in [1.82, 2.24) is 9.80 Å². The number of hydrogen-bond acceptors (Lipinski definition) is 3. The highest BCUT2D eigenvalue weighted by Crippen LogP contribution is 2.13. The molecule has 0 aliphatic carbocycles. The molecule has 1 fully saturated rings. The molecule has 1 saturated heterocycles. The van der Waals surface area contributed by atoms with E-state index in [2.05, 4.69) is 17.0 Å². The lowest BCUT2D eigenvalue weighted by Gasteiger charge is -2.21. The van der Waals surface area contributed by atoms with E-state index in [0.717, 1.165) is 38.2 Å². The minimum atomic E-state index is 0.246. The van der Waals surface area contributed by atoms with E-state index in [9.17, 15) is 4.79 Å². The number of rotatable bonds is 6. The fraction of sp³-hybridized carbons (Fsp3) is 0.562. The Balaban J connectivity index is 1.81. The maximum atomic E-state index is 12.0. The predicted octanol–water partition coefficient (Wildman–Crippen LogP) is 2.14. The Morgan fingerprint density at radius 2 is 1.90 bits per heavy atom. The number of nitrogens with zero attached hydrogens (tertiary/aromatic N) is 2. The van der Waals surface area contributed by atoms with Gasteiger partial charge in [-0.15, -0.1) is 0 Å². The number of hydrogen-bond donors (Lipinski definition) is 0. The van der Waals surface area contributed by atoms with E-state index >= 15 is 0 Å². The van der Waals surface area contributed by atoms with Crippen LogP contribution in [0.25, 0.3) is 0 Å². The molecule has 2 rings (SSSR count). The van der Waals surface area contributed by atoms with Gasteiger partial charge in [0.2, 0.25) is 5.91 Å². The fourth-order valence-electron chi connectivity index (χ4n) is 2.52. The van der Waals surface area contributed by atoms with Crippen molar-refractivity contribution in [2.45, 2.75) is 26.3 Å². The first-order chi connectivity index (χ1) is 9.69. The average Bonchev–Trinajstić information content (AvgIpc) is 2.95. The number of benzene rings is 1. The molecule has 0 unspecified atom stereocenters. The number of carbonyl (C=O) groups excluding carboxylic acids is 1. The Morgan fingerprint density at radius 1 is 1.25 bits per heavy atom. The van der Waals surface area contributed by atoms with Gasteiger partial charge in [-0.3, -0.25) is 9.69 Å². The van der Waals surface area contributed by atoms with Gasteiger partial charge in [-0.05, 0) is 44.5 Å². The molecule has 0 spiro atoms. The Labute approximate surface area is 121 Å². The summed E-state index contributed by atoms with van der Waals surface area (Å²) in [6.07, 6.45) is 2.29. The van der Waals surface area contributed by atoms with Crippen LogP contribution < -0.4 is 4.74 Å². The Bertz CT molecular complexity index is 425. The predicted molar refractivity (Wildman–Crippen MR) is 79.8 cm³/mol. The SMILES string of the molecule is CCOc1ccc(CN(C)CC(=O)N2CCCC2)cc1. The Kier molecular flexibility index (Phi) is 5.41. The molecule has 0 radical (unpaired) electrons. The topological polar surface area (TPSA) is 32.8 Å². The van der Waals surface area contributed by atoms with Gasteiger partial charge >= 0.3 is 0 Å². The lowest BCUT2D eigenvalue weighted by Crippen LogP contribution is -2.36. The molecule has 4 heteroatoms. The molecule has 0 atom stereocenters. The summed E-state index contributed by atoms with van der Waals surface area (Å²) in [5.74, 6) is 1.14. The molecule has 1 aliphatic heterocycles. The summed E-state index contributed by atoms with van der Waals surface area (Å²) in [7, 11) is 1.99. The number of likely N-dealkylation sites (N-methyl/N-ethyl adjacent to an activating group) is 1. The second-order valence-corrected chi connectivity index (χ2v) is 5.34. The third-order valence-electron chi connectivity index (χ3n) is 3.55. The van der Waals surface area contributed by atoms with Crippen LogP contribution >= 0.6 is 0 Å². The molecule has 0 N–H and O–H groups in total. The molecule has 110 valence electrons. The highest BCUT2D eigenvalue weighted by molar-refractivity contribution is 5.78.